The van der Waals surface area contributed by atoms with Crippen molar-refractivity contribution in [2.45, 2.75) is 69.5 Å². The third kappa shape index (κ3) is 4.01. The fraction of sp³-hybridized carbons (Fsp3) is 0.933. The van der Waals surface area contributed by atoms with Crippen LogP contribution in [0.15, 0.2) is 0 Å². The van der Waals surface area contributed by atoms with E-state index < -0.39 is 42.7 Å². The van der Waals surface area contributed by atoms with Crippen molar-refractivity contribution in [3.63, 3.8) is 0 Å². The van der Waals surface area contributed by atoms with Crippen molar-refractivity contribution in [3.8, 4) is 0 Å². The Hall–Kier alpha value is -0.770. The summed E-state index contributed by atoms with van der Waals surface area (Å²) in [6.07, 6.45) is -3.83. The Morgan fingerprint density at radius 1 is 1.39 bits per heavy atom. The molecule has 2 heterocycles. The zero-order valence-electron chi connectivity index (χ0n) is 13.7. The molecule has 0 bridgehead atoms. The van der Waals surface area contributed by atoms with Crippen LogP contribution in [0.3, 0.4) is 0 Å². The molecule has 0 spiro atoms. The molecule has 2 rings (SSSR count). The summed E-state index contributed by atoms with van der Waals surface area (Å²) in [7, 11) is 1.67. The number of aliphatic carboxylic acids is 1. The predicted molar refractivity (Wildman–Crippen MR) is 79.8 cm³/mol. The van der Waals surface area contributed by atoms with Crippen LogP contribution < -0.4 is 5.32 Å². The van der Waals surface area contributed by atoms with Crippen LogP contribution in [0.2, 0.25) is 0 Å². The van der Waals surface area contributed by atoms with Gasteiger partial charge in [0.15, 0.2) is 12.4 Å². The number of hydrogen-bond acceptors (Lipinski definition) is 7. The smallest absolute Gasteiger partial charge is 0.335 e. The van der Waals surface area contributed by atoms with Gasteiger partial charge in [-0.05, 0) is 13.5 Å². The molecule has 4 N–H and O–H groups in total. The molecule has 8 heteroatoms. The fourth-order valence-corrected chi connectivity index (χ4v) is 3.11. The number of carboxylic acids is 1. The lowest BCUT2D eigenvalue weighted by Gasteiger charge is -2.44. The summed E-state index contributed by atoms with van der Waals surface area (Å²) in [5.74, 6) is -1.44. The van der Waals surface area contributed by atoms with E-state index in [0.717, 1.165) is 0 Å². The van der Waals surface area contributed by atoms with Crippen LogP contribution in [0.4, 0.5) is 0 Å². The maximum atomic E-state index is 11.4. The largest absolute Gasteiger partial charge is 0.479 e. The van der Waals surface area contributed by atoms with Crippen molar-refractivity contribution in [2.24, 2.45) is 5.92 Å². The van der Waals surface area contributed by atoms with Gasteiger partial charge in [-0.3, -0.25) is 0 Å². The number of likely N-dealkylation sites (N-methyl/N-ethyl adjacent to an activating group) is 1. The first-order valence-corrected chi connectivity index (χ1v) is 8.07. The summed E-state index contributed by atoms with van der Waals surface area (Å²) in [5, 5.41) is 32.8. The minimum atomic E-state index is -1.26. The van der Waals surface area contributed by atoms with Gasteiger partial charge in [-0.25, -0.2) is 4.79 Å². The predicted octanol–water partition coefficient (Wildman–Crippen LogP) is -0.674. The molecule has 2 aliphatic rings. The van der Waals surface area contributed by atoms with Crippen LogP contribution in [0.5, 0.6) is 0 Å². The third-order valence-corrected chi connectivity index (χ3v) is 4.62. The average molecular weight is 333 g/mol. The van der Waals surface area contributed by atoms with Crippen molar-refractivity contribution < 1.29 is 34.3 Å². The minimum Gasteiger partial charge on any atom is -0.479 e. The van der Waals surface area contributed by atoms with Crippen molar-refractivity contribution in [3.05, 3.63) is 0 Å². The van der Waals surface area contributed by atoms with E-state index in [-0.39, 0.29) is 18.6 Å². The van der Waals surface area contributed by atoms with Gasteiger partial charge in [-0.1, -0.05) is 13.8 Å². The molecule has 2 saturated heterocycles. The van der Waals surface area contributed by atoms with E-state index in [1.54, 1.807) is 14.0 Å². The topological polar surface area (TPSA) is 117 Å². The Kier molecular flexibility index (Phi) is 6.35. The van der Waals surface area contributed by atoms with E-state index in [1.807, 2.05) is 6.92 Å². The zero-order valence-corrected chi connectivity index (χ0v) is 13.7. The van der Waals surface area contributed by atoms with Crippen LogP contribution in [-0.2, 0) is 19.0 Å². The van der Waals surface area contributed by atoms with Crippen LogP contribution >= 0.6 is 0 Å². The number of rotatable bonds is 5. The summed E-state index contributed by atoms with van der Waals surface area (Å²) in [5.41, 5.74) is 0. The molecule has 23 heavy (non-hydrogen) atoms. The van der Waals surface area contributed by atoms with E-state index >= 15 is 0 Å². The lowest BCUT2D eigenvalue weighted by Crippen LogP contribution is -2.61. The molecule has 0 amide bonds. The van der Waals surface area contributed by atoms with Crippen molar-refractivity contribution in [2.75, 3.05) is 13.7 Å². The molecule has 2 fully saturated rings. The maximum absolute atomic E-state index is 11.4. The van der Waals surface area contributed by atoms with Crippen molar-refractivity contribution >= 4 is 5.97 Å². The molecule has 0 aromatic rings. The number of aliphatic hydroxyl groups is 2. The normalized spacial score (nSPS) is 44.9. The van der Waals surface area contributed by atoms with Gasteiger partial charge in [-0.2, -0.15) is 0 Å². The monoisotopic (exact) mass is 333 g/mol. The second kappa shape index (κ2) is 7.87. The molecule has 4 unspecified atom stereocenters. The van der Waals surface area contributed by atoms with Crippen LogP contribution in [0, 0.1) is 5.92 Å². The van der Waals surface area contributed by atoms with Crippen LogP contribution in [0.25, 0.3) is 0 Å². The Bertz CT molecular complexity index is 407. The number of carbonyl (C=O) groups is 1. The van der Waals surface area contributed by atoms with E-state index in [9.17, 15) is 20.1 Å². The summed E-state index contributed by atoms with van der Waals surface area (Å²) in [6, 6.07) is -0.503. The second-order valence-corrected chi connectivity index (χ2v) is 6.31. The third-order valence-electron chi connectivity index (χ3n) is 4.62. The molecule has 0 aromatic carbocycles. The number of hydrogen-bond donors (Lipinski definition) is 4. The Morgan fingerprint density at radius 3 is 2.65 bits per heavy atom. The highest BCUT2D eigenvalue weighted by Crippen LogP contribution is 2.29. The summed E-state index contributed by atoms with van der Waals surface area (Å²) < 4.78 is 16.9. The van der Waals surface area contributed by atoms with E-state index in [0.29, 0.717) is 12.8 Å². The molecule has 8 atom stereocenters. The average Bonchev–Trinajstić information content (AvgIpc) is 2.51. The zero-order chi connectivity index (χ0) is 17.1. The van der Waals surface area contributed by atoms with E-state index in [2.05, 4.69) is 5.32 Å². The van der Waals surface area contributed by atoms with Gasteiger partial charge >= 0.3 is 5.97 Å². The highest BCUT2D eigenvalue weighted by Gasteiger charge is 2.46. The summed E-state index contributed by atoms with van der Waals surface area (Å²) in [6.45, 7) is 3.86. The van der Waals surface area contributed by atoms with Crippen LogP contribution in [0.1, 0.15) is 26.7 Å². The first-order chi connectivity index (χ1) is 10.9. The molecular weight excluding hydrogens is 306 g/mol. The molecule has 0 saturated carbocycles. The maximum Gasteiger partial charge on any atom is 0.335 e. The fourth-order valence-electron chi connectivity index (χ4n) is 3.11. The van der Waals surface area contributed by atoms with Gasteiger partial charge in [-0.15, -0.1) is 0 Å². The van der Waals surface area contributed by atoms with Gasteiger partial charge in [0.05, 0.1) is 31.0 Å². The Balaban J connectivity index is 2.15. The van der Waals surface area contributed by atoms with Gasteiger partial charge in [0.1, 0.15) is 6.10 Å². The van der Waals surface area contributed by atoms with Gasteiger partial charge in [0, 0.05) is 12.3 Å². The number of aliphatic hydroxyl groups excluding tert-OH is 2. The van der Waals surface area contributed by atoms with Gasteiger partial charge in [0.25, 0.3) is 0 Å². The number of ether oxygens (including phenoxy) is 3. The first kappa shape index (κ1) is 18.6. The quantitative estimate of drug-likeness (QED) is 0.523. The summed E-state index contributed by atoms with van der Waals surface area (Å²) in [4.78, 5) is 11.4. The molecule has 0 aromatic heterocycles. The molecule has 134 valence electrons. The highest BCUT2D eigenvalue weighted by atomic mass is 16.7. The van der Waals surface area contributed by atoms with Gasteiger partial charge < -0.3 is 34.8 Å². The van der Waals surface area contributed by atoms with E-state index in [4.69, 9.17) is 14.2 Å². The molecular formula is C15H27NO7. The number of nitrogens with one attached hydrogen (secondary N) is 1. The number of carboxylic acid groups (broad SMARTS) is 1. The van der Waals surface area contributed by atoms with E-state index in [1.165, 1.54) is 0 Å². The molecule has 8 nitrogen and oxygen atoms in total. The molecule has 2 aliphatic heterocycles. The lowest BCUT2D eigenvalue weighted by molar-refractivity contribution is -0.287. The van der Waals surface area contributed by atoms with Crippen molar-refractivity contribution in [1.82, 2.24) is 5.32 Å². The Labute approximate surface area is 135 Å². The first-order valence-electron chi connectivity index (χ1n) is 8.07. The molecule has 0 aliphatic carbocycles. The standard InChI is InChI=1S/C15H27NO7/c1-4-8-5-9(17)10(16-3)15(22-8)23-12-11(18)7(2)6-21-13(12)14(19)20/h7-13,15-18H,4-6H2,1-3H3,(H,19,20)/t7?,8?,9-,10?,11+,12-,13?,15+/m1/s1. The Morgan fingerprint density at radius 2 is 2.09 bits per heavy atom. The highest BCUT2D eigenvalue weighted by molar-refractivity contribution is 5.73. The van der Waals surface area contributed by atoms with Gasteiger partial charge in [0.2, 0.25) is 0 Å². The van der Waals surface area contributed by atoms with Crippen molar-refractivity contribution in [1.29, 1.82) is 0 Å². The SMILES string of the molecule is CCC1C[C@@H](O)C(NC)[C@H](O[C@H]2C(C(=O)O)OCC(C)[C@@H]2O)O1. The minimum absolute atomic E-state index is 0.152. The summed E-state index contributed by atoms with van der Waals surface area (Å²) >= 11 is 0. The second-order valence-electron chi connectivity index (χ2n) is 6.31. The molecule has 0 radical (unpaired) electrons. The van der Waals surface area contributed by atoms with Crippen LogP contribution in [-0.4, -0.2) is 77.8 Å². The lowest BCUT2D eigenvalue weighted by atomic mass is 9.93.